The van der Waals surface area contributed by atoms with Crippen LogP contribution >= 0.6 is 0 Å². The maximum atomic E-state index is 11.9. The SMILES string of the molecule is CCc1ccc(NS(=O)(=O)CCCNC2CC2)cc1. The highest BCUT2D eigenvalue weighted by atomic mass is 32.2. The van der Waals surface area contributed by atoms with Crippen LogP contribution in [-0.4, -0.2) is 26.8 Å². The van der Waals surface area contributed by atoms with Gasteiger partial charge in [-0.2, -0.15) is 0 Å². The Balaban J connectivity index is 1.77. The van der Waals surface area contributed by atoms with Gasteiger partial charge in [-0.15, -0.1) is 0 Å². The molecule has 1 fully saturated rings. The van der Waals surface area contributed by atoms with Crippen molar-refractivity contribution in [1.29, 1.82) is 0 Å². The standard InChI is InChI=1S/C14H22N2O2S/c1-2-12-4-6-14(7-5-12)16-19(17,18)11-3-10-15-13-8-9-13/h4-7,13,15-16H,2-3,8-11H2,1H3. The van der Waals surface area contributed by atoms with Crippen LogP contribution in [0.2, 0.25) is 0 Å². The molecule has 2 N–H and O–H groups in total. The second-order valence-electron chi connectivity index (χ2n) is 5.05. The Hall–Kier alpha value is -1.07. The molecule has 0 spiro atoms. The molecule has 0 atom stereocenters. The molecule has 1 aromatic rings. The minimum Gasteiger partial charge on any atom is -0.314 e. The maximum absolute atomic E-state index is 11.9. The van der Waals surface area contributed by atoms with E-state index in [4.69, 9.17) is 0 Å². The lowest BCUT2D eigenvalue weighted by molar-refractivity contribution is 0.593. The number of anilines is 1. The summed E-state index contributed by atoms with van der Waals surface area (Å²) in [4.78, 5) is 0. The number of sulfonamides is 1. The zero-order chi connectivity index (χ0) is 13.7. The highest BCUT2D eigenvalue weighted by molar-refractivity contribution is 7.92. The zero-order valence-electron chi connectivity index (χ0n) is 11.4. The molecule has 0 saturated heterocycles. The number of aryl methyl sites for hydroxylation is 1. The van der Waals surface area contributed by atoms with Crippen molar-refractivity contribution in [1.82, 2.24) is 5.32 Å². The summed E-state index contributed by atoms with van der Waals surface area (Å²) in [5.41, 5.74) is 1.85. The van der Waals surface area contributed by atoms with E-state index in [0.29, 0.717) is 18.2 Å². The summed E-state index contributed by atoms with van der Waals surface area (Å²) in [6.45, 7) is 2.85. The highest BCUT2D eigenvalue weighted by Gasteiger charge is 2.20. The zero-order valence-corrected chi connectivity index (χ0v) is 12.2. The second kappa shape index (κ2) is 6.39. The van der Waals surface area contributed by atoms with Crippen molar-refractivity contribution in [2.75, 3.05) is 17.0 Å². The van der Waals surface area contributed by atoms with E-state index in [9.17, 15) is 8.42 Å². The fraction of sp³-hybridized carbons (Fsp3) is 0.571. The maximum Gasteiger partial charge on any atom is 0.232 e. The van der Waals surface area contributed by atoms with Gasteiger partial charge in [0.05, 0.1) is 5.75 Å². The fourth-order valence-corrected chi connectivity index (χ4v) is 3.02. The molecule has 4 nitrogen and oxygen atoms in total. The van der Waals surface area contributed by atoms with E-state index in [1.54, 1.807) is 0 Å². The van der Waals surface area contributed by atoms with Crippen molar-refractivity contribution in [3.8, 4) is 0 Å². The molecule has 0 aromatic heterocycles. The van der Waals surface area contributed by atoms with Gasteiger partial charge in [0.15, 0.2) is 0 Å². The van der Waals surface area contributed by atoms with Gasteiger partial charge in [0.2, 0.25) is 10.0 Å². The first-order valence-corrected chi connectivity index (χ1v) is 8.57. The molecule has 0 bridgehead atoms. The second-order valence-corrected chi connectivity index (χ2v) is 6.90. The molecule has 0 amide bonds. The highest BCUT2D eigenvalue weighted by Crippen LogP contribution is 2.18. The van der Waals surface area contributed by atoms with Crippen molar-refractivity contribution in [3.63, 3.8) is 0 Å². The lowest BCUT2D eigenvalue weighted by atomic mass is 10.2. The molecular weight excluding hydrogens is 260 g/mol. The van der Waals surface area contributed by atoms with Gasteiger partial charge in [-0.3, -0.25) is 4.72 Å². The molecular formula is C14H22N2O2S. The Morgan fingerprint density at radius 3 is 2.47 bits per heavy atom. The van der Waals surface area contributed by atoms with E-state index in [1.165, 1.54) is 18.4 Å². The van der Waals surface area contributed by atoms with E-state index in [0.717, 1.165) is 13.0 Å². The summed E-state index contributed by atoms with van der Waals surface area (Å²) in [5.74, 6) is 0.169. The molecule has 19 heavy (non-hydrogen) atoms. The van der Waals surface area contributed by atoms with Crippen LogP contribution in [0.4, 0.5) is 5.69 Å². The van der Waals surface area contributed by atoms with Crippen LogP contribution in [0.5, 0.6) is 0 Å². The average molecular weight is 282 g/mol. The molecule has 5 heteroatoms. The van der Waals surface area contributed by atoms with E-state index < -0.39 is 10.0 Å². The normalized spacial score (nSPS) is 15.4. The molecule has 0 aliphatic heterocycles. The van der Waals surface area contributed by atoms with Gasteiger partial charge in [-0.25, -0.2) is 8.42 Å². The summed E-state index contributed by atoms with van der Waals surface area (Å²) in [7, 11) is -3.22. The van der Waals surface area contributed by atoms with Crippen molar-refractivity contribution in [2.24, 2.45) is 0 Å². The summed E-state index contributed by atoms with van der Waals surface area (Å²) in [6, 6.07) is 8.17. The van der Waals surface area contributed by atoms with Gasteiger partial charge >= 0.3 is 0 Å². The van der Waals surface area contributed by atoms with Gasteiger partial charge in [0.1, 0.15) is 0 Å². The van der Waals surface area contributed by atoms with E-state index >= 15 is 0 Å². The van der Waals surface area contributed by atoms with Crippen LogP contribution in [-0.2, 0) is 16.4 Å². The monoisotopic (exact) mass is 282 g/mol. The van der Waals surface area contributed by atoms with Gasteiger partial charge < -0.3 is 5.32 Å². The number of benzene rings is 1. The third kappa shape index (κ3) is 5.20. The predicted molar refractivity (Wildman–Crippen MR) is 78.9 cm³/mol. The number of nitrogens with one attached hydrogen (secondary N) is 2. The third-order valence-corrected chi connectivity index (χ3v) is 4.61. The number of hydrogen-bond donors (Lipinski definition) is 2. The topological polar surface area (TPSA) is 58.2 Å². The minimum atomic E-state index is -3.22. The molecule has 0 radical (unpaired) electrons. The van der Waals surface area contributed by atoms with Crippen molar-refractivity contribution in [3.05, 3.63) is 29.8 Å². The number of rotatable bonds is 8. The van der Waals surface area contributed by atoms with Crippen molar-refractivity contribution in [2.45, 2.75) is 38.6 Å². The first-order valence-electron chi connectivity index (χ1n) is 6.92. The summed E-state index contributed by atoms with van der Waals surface area (Å²) >= 11 is 0. The first kappa shape index (κ1) is 14.3. The van der Waals surface area contributed by atoms with Crippen LogP contribution < -0.4 is 10.0 Å². The van der Waals surface area contributed by atoms with Gasteiger partial charge in [-0.05, 0) is 49.9 Å². The van der Waals surface area contributed by atoms with Crippen LogP contribution in [0, 0.1) is 0 Å². The average Bonchev–Trinajstić information content (AvgIpc) is 3.19. The molecule has 1 aliphatic carbocycles. The van der Waals surface area contributed by atoms with E-state index in [2.05, 4.69) is 17.0 Å². The van der Waals surface area contributed by atoms with Crippen LogP contribution in [0.3, 0.4) is 0 Å². The Morgan fingerprint density at radius 1 is 1.21 bits per heavy atom. The smallest absolute Gasteiger partial charge is 0.232 e. The van der Waals surface area contributed by atoms with Gasteiger partial charge in [0.25, 0.3) is 0 Å². The Morgan fingerprint density at radius 2 is 1.89 bits per heavy atom. The quantitative estimate of drug-likeness (QED) is 0.718. The van der Waals surface area contributed by atoms with Crippen LogP contribution in [0.15, 0.2) is 24.3 Å². The predicted octanol–water partition coefficient (Wildman–Crippen LogP) is 2.13. The fourth-order valence-electron chi connectivity index (χ4n) is 1.89. The van der Waals surface area contributed by atoms with Gasteiger partial charge in [0, 0.05) is 11.7 Å². The number of hydrogen-bond acceptors (Lipinski definition) is 3. The van der Waals surface area contributed by atoms with Crippen molar-refractivity contribution >= 4 is 15.7 Å². The lowest BCUT2D eigenvalue weighted by Gasteiger charge is -2.09. The van der Waals surface area contributed by atoms with Gasteiger partial charge in [-0.1, -0.05) is 19.1 Å². The largest absolute Gasteiger partial charge is 0.314 e. The van der Waals surface area contributed by atoms with E-state index in [1.807, 2.05) is 24.3 Å². The lowest BCUT2D eigenvalue weighted by Crippen LogP contribution is -2.23. The van der Waals surface area contributed by atoms with E-state index in [-0.39, 0.29) is 5.75 Å². The Kier molecular flexibility index (Phi) is 4.82. The molecule has 0 unspecified atom stereocenters. The van der Waals surface area contributed by atoms with Crippen LogP contribution in [0.25, 0.3) is 0 Å². The van der Waals surface area contributed by atoms with Crippen molar-refractivity contribution < 1.29 is 8.42 Å². The van der Waals surface area contributed by atoms with Crippen LogP contribution in [0.1, 0.15) is 31.7 Å². The Bertz CT molecular complexity index is 493. The molecule has 106 valence electrons. The Labute approximate surface area is 115 Å². The summed E-state index contributed by atoms with van der Waals surface area (Å²) in [6.07, 6.45) is 4.07. The third-order valence-electron chi connectivity index (χ3n) is 3.24. The molecule has 1 saturated carbocycles. The molecule has 1 aliphatic rings. The minimum absolute atomic E-state index is 0.169. The summed E-state index contributed by atoms with van der Waals surface area (Å²) in [5, 5.41) is 3.32. The summed E-state index contributed by atoms with van der Waals surface area (Å²) < 4.78 is 26.4. The molecule has 0 heterocycles. The molecule has 2 rings (SSSR count). The first-order chi connectivity index (χ1) is 9.09. The molecule has 1 aromatic carbocycles.